The van der Waals surface area contributed by atoms with Crippen LogP contribution in [0.5, 0.6) is 0 Å². The highest BCUT2D eigenvalue weighted by Gasteiger charge is 2.11. The molecule has 5 nitrogen and oxygen atoms in total. The number of halogens is 1. The number of carbonyl (C=O) groups is 1. The average molecular weight is 346 g/mol. The molecule has 0 atom stereocenters. The number of rotatable bonds is 4. The monoisotopic (exact) mass is 345 g/mol. The number of anilines is 1. The maximum atomic E-state index is 12.0. The van der Waals surface area contributed by atoms with E-state index in [2.05, 4.69) is 26.3 Å². The van der Waals surface area contributed by atoms with Gasteiger partial charge in [0.1, 0.15) is 5.82 Å². The SMILES string of the molecule is O=C(Nc1ccnn1Cc1cccc(Br)c1)c1ccco1. The molecule has 0 unspecified atom stereocenters. The molecule has 0 fully saturated rings. The number of hydrogen-bond acceptors (Lipinski definition) is 3. The van der Waals surface area contributed by atoms with E-state index in [0.717, 1.165) is 10.0 Å². The van der Waals surface area contributed by atoms with Crippen molar-refractivity contribution in [3.05, 3.63) is 70.7 Å². The largest absolute Gasteiger partial charge is 0.459 e. The Hall–Kier alpha value is -2.34. The summed E-state index contributed by atoms with van der Waals surface area (Å²) >= 11 is 3.44. The predicted octanol–water partition coefficient (Wildman–Crippen LogP) is 3.54. The molecule has 1 amide bonds. The molecule has 3 aromatic rings. The summed E-state index contributed by atoms with van der Waals surface area (Å²) < 4.78 is 7.80. The lowest BCUT2D eigenvalue weighted by Crippen LogP contribution is -2.15. The third-order valence-corrected chi connectivity index (χ3v) is 3.42. The van der Waals surface area contributed by atoms with Crippen LogP contribution in [0, 0.1) is 0 Å². The van der Waals surface area contributed by atoms with Crippen molar-refractivity contribution >= 4 is 27.7 Å². The number of amides is 1. The zero-order valence-electron chi connectivity index (χ0n) is 11.0. The maximum absolute atomic E-state index is 12.0. The van der Waals surface area contributed by atoms with Crippen LogP contribution in [0.25, 0.3) is 0 Å². The average Bonchev–Trinajstić information content (AvgIpc) is 3.11. The standard InChI is InChI=1S/C15H12BrN3O2/c16-12-4-1-3-11(9-12)10-19-14(6-7-17-19)18-15(20)13-5-2-8-21-13/h1-9H,10H2,(H,18,20). The van der Waals surface area contributed by atoms with Crippen molar-refractivity contribution < 1.29 is 9.21 Å². The van der Waals surface area contributed by atoms with Crippen LogP contribution in [0.15, 0.2) is 63.8 Å². The van der Waals surface area contributed by atoms with Gasteiger partial charge in [-0.2, -0.15) is 5.10 Å². The Balaban J connectivity index is 1.76. The molecule has 2 aromatic heterocycles. The minimum atomic E-state index is -0.295. The molecule has 1 N–H and O–H groups in total. The number of benzene rings is 1. The minimum absolute atomic E-state index is 0.269. The Morgan fingerprint density at radius 2 is 2.19 bits per heavy atom. The van der Waals surface area contributed by atoms with Gasteiger partial charge in [-0.3, -0.25) is 4.79 Å². The first-order valence-corrected chi connectivity index (χ1v) is 7.13. The minimum Gasteiger partial charge on any atom is -0.459 e. The topological polar surface area (TPSA) is 60.1 Å². The molecule has 21 heavy (non-hydrogen) atoms. The normalized spacial score (nSPS) is 10.5. The fourth-order valence-corrected chi connectivity index (χ4v) is 2.41. The Morgan fingerprint density at radius 1 is 1.29 bits per heavy atom. The van der Waals surface area contributed by atoms with E-state index < -0.39 is 0 Å². The van der Waals surface area contributed by atoms with E-state index in [0.29, 0.717) is 12.4 Å². The van der Waals surface area contributed by atoms with Gasteiger partial charge < -0.3 is 9.73 Å². The van der Waals surface area contributed by atoms with Crippen molar-refractivity contribution in [2.45, 2.75) is 6.54 Å². The van der Waals surface area contributed by atoms with Gasteiger partial charge in [-0.05, 0) is 29.8 Å². The summed E-state index contributed by atoms with van der Waals surface area (Å²) in [5.74, 6) is 0.595. The maximum Gasteiger partial charge on any atom is 0.292 e. The fourth-order valence-electron chi connectivity index (χ4n) is 1.96. The molecule has 0 aliphatic rings. The number of nitrogens with zero attached hydrogens (tertiary/aromatic N) is 2. The number of carbonyl (C=O) groups excluding carboxylic acids is 1. The van der Waals surface area contributed by atoms with Gasteiger partial charge in [-0.25, -0.2) is 4.68 Å². The van der Waals surface area contributed by atoms with Gasteiger partial charge in [-0.1, -0.05) is 28.1 Å². The fraction of sp³-hybridized carbons (Fsp3) is 0.0667. The Bertz CT molecular complexity index is 750. The molecule has 1 aromatic carbocycles. The second-order valence-corrected chi connectivity index (χ2v) is 5.35. The van der Waals surface area contributed by atoms with Crippen LogP contribution in [0.3, 0.4) is 0 Å². The van der Waals surface area contributed by atoms with Crippen LogP contribution in [-0.2, 0) is 6.54 Å². The zero-order chi connectivity index (χ0) is 14.7. The Labute approximate surface area is 129 Å². The van der Waals surface area contributed by atoms with Gasteiger partial charge in [0.15, 0.2) is 5.76 Å². The first kappa shape index (κ1) is 13.6. The summed E-state index contributed by atoms with van der Waals surface area (Å²) in [5.41, 5.74) is 1.08. The molecule has 6 heteroatoms. The molecule has 0 saturated carbocycles. The summed E-state index contributed by atoms with van der Waals surface area (Å²) in [7, 11) is 0. The molecule has 0 aliphatic heterocycles. The quantitative estimate of drug-likeness (QED) is 0.786. The van der Waals surface area contributed by atoms with E-state index in [9.17, 15) is 4.79 Å². The van der Waals surface area contributed by atoms with Gasteiger partial charge in [-0.15, -0.1) is 0 Å². The molecule has 2 heterocycles. The Morgan fingerprint density at radius 3 is 2.95 bits per heavy atom. The number of furan rings is 1. The molecule has 0 spiro atoms. The van der Waals surface area contributed by atoms with Crippen LogP contribution in [-0.4, -0.2) is 15.7 Å². The van der Waals surface area contributed by atoms with Crippen LogP contribution in [0.2, 0.25) is 0 Å². The van der Waals surface area contributed by atoms with Crippen molar-refractivity contribution in [3.8, 4) is 0 Å². The van der Waals surface area contributed by atoms with Gasteiger partial charge in [0.2, 0.25) is 0 Å². The van der Waals surface area contributed by atoms with Gasteiger partial charge in [0.05, 0.1) is 19.0 Å². The van der Waals surface area contributed by atoms with Crippen LogP contribution >= 0.6 is 15.9 Å². The summed E-state index contributed by atoms with van der Waals surface area (Å²) in [5, 5.41) is 7.02. The van der Waals surface area contributed by atoms with E-state index >= 15 is 0 Å². The molecule has 3 rings (SSSR count). The van der Waals surface area contributed by atoms with Crippen molar-refractivity contribution in [2.75, 3.05) is 5.32 Å². The van der Waals surface area contributed by atoms with E-state index in [1.807, 2.05) is 24.3 Å². The predicted molar refractivity (Wildman–Crippen MR) is 82.1 cm³/mol. The molecule has 0 saturated heterocycles. The van der Waals surface area contributed by atoms with Crippen molar-refractivity contribution in [1.82, 2.24) is 9.78 Å². The molecular weight excluding hydrogens is 334 g/mol. The molecule has 0 radical (unpaired) electrons. The third-order valence-electron chi connectivity index (χ3n) is 2.92. The van der Waals surface area contributed by atoms with E-state index in [-0.39, 0.29) is 11.7 Å². The summed E-state index contributed by atoms with van der Waals surface area (Å²) in [6, 6.07) is 13.0. The highest BCUT2D eigenvalue weighted by atomic mass is 79.9. The molecule has 0 bridgehead atoms. The molecular formula is C15H12BrN3O2. The van der Waals surface area contributed by atoms with E-state index in [1.165, 1.54) is 6.26 Å². The molecule has 106 valence electrons. The second-order valence-electron chi connectivity index (χ2n) is 4.44. The van der Waals surface area contributed by atoms with Crippen LogP contribution in [0.1, 0.15) is 16.1 Å². The van der Waals surface area contributed by atoms with Gasteiger partial charge in [0.25, 0.3) is 5.91 Å². The highest BCUT2D eigenvalue weighted by Crippen LogP contribution is 2.15. The van der Waals surface area contributed by atoms with Crippen molar-refractivity contribution in [3.63, 3.8) is 0 Å². The second kappa shape index (κ2) is 5.97. The summed E-state index contributed by atoms with van der Waals surface area (Å²) in [4.78, 5) is 12.0. The van der Waals surface area contributed by atoms with Crippen molar-refractivity contribution in [1.29, 1.82) is 0 Å². The van der Waals surface area contributed by atoms with Gasteiger partial charge >= 0.3 is 0 Å². The number of nitrogens with one attached hydrogen (secondary N) is 1. The summed E-state index contributed by atoms with van der Waals surface area (Å²) in [6.07, 6.45) is 3.11. The van der Waals surface area contributed by atoms with Crippen LogP contribution < -0.4 is 5.32 Å². The lowest BCUT2D eigenvalue weighted by atomic mass is 10.2. The molecule has 0 aliphatic carbocycles. The highest BCUT2D eigenvalue weighted by molar-refractivity contribution is 9.10. The van der Waals surface area contributed by atoms with E-state index in [1.54, 1.807) is 29.1 Å². The summed E-state index contributed by atoms with van der Waals surface area (Å²) in [6.45, 7) is 0.570. The van der Waals surface area contributed by atoms with Crippen molar-refractivity contribution in [2.24, 2.45) is 0 Å². The first-order valence-electron chi connectivity index (χ1n) is 6.33. The lowest BCUT2D eigenvalue weighted by Gasteiger charge is -2.08. The van der Waals surface area contributed by atoms with Gasteiger partial charge in [0, 0.05) is 10.5 Å². The zero-order valence-corrected chi connectivity index (χ0v) is 12.6. The Kier molecular flexibility index (Phi) is 3.87. The third kappa shape index (κ3) is 3.22. The first-order chi connectivity index (χ1) is 10.2. The van der Waals surface area contributed by atoms with E-state index in [4.69, 9.17) is 4.42 Å². The van der Waals surface area contributed by atoms with Crippen LogP contribution in [0.4, 0.5) is 5.82 Å². The number of aromatic nitrogens is 2. The number of hydrogen-bond donors (Lipinski definition) is 1. The lowest BCUT2D eigenvalue weighted by molar-refractivity contribution is 0.0995. The smallest absolute Gasteiger partial charge is 0.292 e.